The van der Waals surface area contributed by atoms with Crippen LogP contribution in [-0.2, 0) is 0 Å². The molecule has 0 heterocycles. The number of hydrogen-bond acceptors (Lipinski definition) is 2. The minimum absolute atomic E-state index is 0.254. The van der Waals surface area contributed by atoms with Crippen LogP contribution in [-0.4, -0.2) is 9.97 Å². The Morgan fingerprint density at radius 3 is 2.44 bits per heavy atom. The zero-order valence-electron chi connectivity index (χ0n) is 9.97. The van der Waals surface area contributed by atoms with Crippen LogP contribution in [0.1, 0.15) is 27.8 Å². The lowest BCUT2D eigenvalue weighted by Gasteiger charge is -2.15. The molecule has 88 valence electrons. The van der Waals surface area contributed by atoms with Gasteiger partial charge < -0.3 is 5.11 Å². The molecule has 0 spiro atoms. The second kappa shape index (κ2) is 4.07. The number of thiocarbonyl (C=S) groups is 1. The van der Waals surface area contributed by atoms with Gasteiger partial charge in [-0.15, -0.1) is 0 Å². The van der Waals surface area contributed by atoms with Crippen molar-refractivity contribution < 1.29 is 5.11 Å². The molecule has 0 fully saturated rings. The van der Waals surface area contributed by atoms with Crippen LogP contribution in [0.15, 0.2) is 36.4 Å². The molecule has 1 N–H and O–H groups in total. The Morgan fingerprint density at radius 2 is 1.78 bits per heavy atom. The number of phenols is 1. The normalized spacial score (nSPS) is 11.8. The molecular formula is C16H12OS. The van der Waals surface area contributed by atoms with Gasteiger partial charge >= 0.3 is 0 Å². The van der Waals surface area contributed by atoms with Gasteiger partial charge in [0.05, 0.1) is 4.86 Å². The third-order valence-electron chi connectivity index (χ3n) is 3.17. The van der Waals surface area contributed by atoms with E-state index >= 15 is 0 Å². The molecule has 0 atom stereocenters. The van der Waals surface area contributed by atoms with Gasteiger partial charge in [-0.3, -0.25) is 0 Å². The van der Waals surface area contributed by atoms with Crippen molar-refractivity contribution in [3.8, 4) is 5.75 Å². The second-order valence-corrected chi connectivity index (χ2v) is 4.94. The lowest BCUT2D eigenvalue weighted by Crippen LogP contribution is -2.03. The first-order valence-corrected chi connectivity index (χ1v) is 6.22. The first-order valence-electron chi connectivity index (χ1n) is 5.81. The van der Waals surface area contributed by atoms with Gasteiger partial charge in [0.2, 0.25) is 0 Å². The highest BCUT2D eigenvalue weighted by atomic mass is 32.1. The SMILES string of the molecule is Cc1cccc(C(=S)c2cc3c(cc2O)C=C3)c1. The fourth-order valence-electron chi connectivity index (χ4n) is 2.12. The monoisotopic (exact) mass is 252 g/mol. The summed E-state index contributed by atoms with van der Waals surface area (Å²) in [7, 11) is 0. The maximum Gasteiger partial charge on any atom is 0.124 e. The first-order chi connectivity index (χ1) is 8.65. The van der Waals surface area contributed by atoms with E-state index < -0.39 is 0 Å². The fraction of sp³-hybridized carbons (Fsp3) is 0.0625. The van der Waals surface area contributed by atoms with Crippen LogP contribution in [0.25, 0.3) is 12.2 Å². The lowest BCUT2D eigenvalue weighted by molar-refractivity contribution is 0.474. The topological polar surface area (TPSA) is 20.2 Å². The number of phenolic OH excluding ortho intramolecular Hbond substituents is 1. The highest BCUT2D eigenvalue weighted by Crippen LogP contribution is 2.32. The summed E-state index contributed by atoms with van der Waals surface area (Å²) in [4.78, 5) is 0.694. The maximum atomic E-state index is 10.0. The van der Waals surface area contributed by atoms with Crippen LogP contribution in [0.4, 0.5) is 0 Å². The molecule has 0 amide bonds. The van der Waals surface area contributed by atoms with Gasteiger partial charge in [-0.25, -0.2) is 0 Å². The van der Waals surface area contributed by atoms with Crippen molar-refractivity contribution in [2.45, 2.75) is 6.92 Å². The van der Waals surface area contributed by atoms with Crippen LogP contribution < -0.4 is 0 Å². The van der Waals surface area contributed by atoms with E-state index in [-0.39, 0.29) is 5.75 Å². The third-order valence-corrected chi connectivity index (χ3v) is 3.62. The zero-order valence-corrected chi connectivity index (χ0v) is 10.8. The van der Waals surface area contributed by atoms with E-state index in [0.717, 1.165) is 27.8 Å². The fourth-order valence-corrected chi connectivity index (χ4v) is 2.41. The summed E-state index contributed by atoms with van der Waals surface area (Å²) in [6.45, 7) is 2.03. The molecular weight excluding hydrogens is 240 g/mol. The molecule has 0 unspecified atom stereocenters. The molecule has 0 saturated carbocycles. The second-order valence-electron chi connectivity index (χ2n) is 4.53. The highest BCUT2D eigenvalue weighted by Gasteiger charge is 2.15. The Kier molecular flexibility index (Phi) is 2.53. The van der Waals surface area contributed by atoms with Gasteiger partial charge in [-0.05, 0) is 35.7 Å². The van der Waals surface area contributed by atoms with Crippen molar-refractivity contribution in [1.29, 1.82) is 0 Å². The van der Waals surface area contributed by atoms with Crippen molar-refractivity contribution in [3.05, 3.63) is 64.2 Å². The minimum atomic E-state index is 0.254. The summed E-state index contributed by atoms with van der Waals surface area (Å²) in [6.07, 6.45) is 4.01. The minimum Gasteiger partial charge on any atom is -0.507 e. The molecule has 2 aromatic rings. The highest BCUT2D eigenvalue weighted by molar-refractivity contribution is 7.81. The average molecular weight is 252 g/mol. The summed E-state index contributed by atoms with van der Waals surface area (Å²) in [6, 6.07) is 11.8. The van der Waals surface area contributed by atoms with Crippen molar-refractivity contribution in [2.75, 3.05) is 0 Å². The summed E-state index contributed by atoms with van der Waals surface area (Å²) in [5, 5.41) is 10.0. The van der Waals surface area contributed by atoms with Crippen molar-refractivity contribution >= 4 is 29.2 Å². The smallest absolute Gasteiger partial charge is 0.124 e. The molecule has 0 saturated heterocycles. The lowest BCUT2D eigenvalue weighted by atomic mass is 9.92. The van der Waals surface area contributed by atoms with Gasteiger partial charge in [0.1, 0.15) is 5.75 Å². The molecule has 3 rings (SSSR count). The van der Waals surface area contributed by atoms with E-state index in [1.807, 2.05) is 49.4 Å². The maximum absolute atomic E-state index is 10.0. The van der Waals surface area contributed by atoms with Crippen LogP contribution in [0.2, 0.25) is 0 Å². The van der Waals surface area contributed by atoms with Crippen LogP contribution >= 0.6 is 12.2 Å². The van der Waals surface area contributed by atoms with Gasteiger partial charge in [0, 0.05) is 5.56 Å². The summed E-state index contributed by atoms with van der Waals surface area (Å²) in [5.41, 5.74) is 5.08. The third kappa shape index (κ3) is 1.75. The van der Waals surface area contributed by atoms with Gasteiger partial charge in [-0.2, -0.15) is 0 Å². The molecule has 0 bridgehead atoms. The van der Waals surface area contributed by atoms with Crippen molar-refractivity contribution in [1.82, 2.24) is 0 Å². The number of fused-ring (bicyclic) bond motifs is 1. The van der Waals surface area contributed by atoms with Gasteiger partial charge in [0.25, 0.3) is 0 Å². The van der Waals surface area contributed by atoms with Crippen LogP contribution in [0.5, 0.6) is 5.75 Å². The number of hydrogen-bond donors (Lipinski definition) is 1. The van der Waals surface area contributed by atoms with Crippen LogP contribution in [0.3, 0.4) is 0 Å². The summed E-state index contributed by atoms with van der Waals surface area (Å²) >= 11 is 5.48. The molecule has 0 aromatic heterocycles. The Morgan fingerprint density at radius 1 is 1.06 bits per heavy atom. The molecule has 0 radical (unpaired) electrons. The molecule has 1 nitrogen and oxygen atoms in total. The standard InChI is InChI=1S/C16H12OS/c1-10-3-2-4-13(7-10)16(18)14-8-11-5-6-12(11)9-15(14)17/h2-9,17H,1H3. The number of aryl methyl sites for hydroxylation is 1. The van der Waals surface area contributed by atoms with E-state index in [2.05, 4.69) is 0 Å². The molecule has 1 aliphatic carbocycles. The molecule has 0 aliphatic heterocycles. The van der Waals surface area contributed by atoms with E-state index in [0.29, 0.717) is 4.86 Å². The number of benzene rings is 2. The average Bonchev–Trinajstić information content (AvgIpc) is 2.33. The first kappa shape index (κ1) is 11.2. The van der Waals surface area contributed by atoms with Gasteiger partial charge in [0.15, 0.2) is 0 Å². The molecule has 1 aliphatic rings. The predicted molar refractivity (Wildman–Crippen MR) is 79.0 cm³/mol. The Labute approximate surface area is 111 Å². The van der Waals surface area contributed by atoms with Crippen LogP contribution in [0, 0.1) is 6.92 Å². The summed E-state index contributed by atoms with van der Waals surface area (Å²) in [5.74, 6) is 0.254. The van der Waals surface area contributed by atoms with Crippen molar-refractivity contribution in [2.24, 2.45) is 0 Å². The molecule has 18 heavy (non-hydrogen) atoms. The largest absolute Gasteiger partial charge is 0.507 e. The molecule has 2 heteroatoms. The van der Waals surface area contributed by atoms with E-state index in [1.54, 1.807) is 6.07 Å². The van der Waals surface area contributed by atoms with Gasteiger partial charge in [-0.1, -0.05) is 54.2 Å². The number of aromatic hydroxyl groups is 1. The number of rotatable bonds is 2. The zero-order chi connectivity index (χ0) is 12.7. The van der Waals surface area contributed by atoms with Crippen molar-refractivity contribution in [3.63, 3.8) is 0 Å². The van der Waals surface area contributed by atoms with E-state index in [1.165, 1.54) is 0 Å². The Hall–Kier alpha value is -1.93. The predicted octanol–water partition coefficient (Wildman–Crippen LogP) is 3.95. The van der Waals surface area contributed by atoms with E-state index in [4.69, 9.17) is 12.2 Å². The Balaban J connectivity index is 2.06. The Bertz CT molecular complexity index is 683. The molecule has 2 aromatic carbocycles. The quantitative estimate of drug-likeness (QED) is 0.550. The van der Waals surface area contributed by atoms with E-state index in [9.17, 15) is 5.11 Å². The summed E-state index contributed by atoms with van der Waals surface area (Å²) < 4.78 is 0.